The van der Waals surface area contributed by atoms with Crippen LogP contribution >= 0.6 is 0 Å². The Morgan fingerprint density at radius 1 is 0.609 bits per heavy atom. The van der Waals surface area contributed by atoms with Crippen molar-refractivity contribution < 1.29 is 28.7 Å². The fourth-order valence-electron chi connectivity index (χ4n) is 8.68. The van der Waals surface area contributed by atoms with Crippen molar-refractivity contribution in [2.75, 3.05) is 28.2 Å². The molecule has 4 amide bonds. The fraction of sp³-hybridized carbons (Fsp3) is 0.542. The van der Waals surface area contributed by atoms with E-state index in [2.05, 4.69) is 34.4 Å². The van der Waals surface area contributed by atoms with Crippen LogP contribution in [0.5, 0.6) is 0 Å². The maximum absolute atomic E-state index is 14.1. The molecule has 0 bridgehead atoms. The molecule has 4 aliphatic carbocycles. The highest BCUT2D eigenvalue weighted by molar-refractivity contribution is 5.90. The van der Waals surface area contributed by atoms with Gasteiger partial charge < -0.3 is 39.9 Å². The van der Waals surface area contributed by atoms with Crippen molar-refractivity contribution >= 4 is 46.1 Å². The van der Waals surface area contributed by atoms with Crippen LogP contribution in [0.25, 0.3) is 44.6 Å². The van der Waals surface area contributed by atoms with Crippen LogP contribution in [0.2, 0.25) is 0 Å². The van der Waals surface area contributed by atoms with Crippen LogP contribution in [0.15, 0.2) is 48.8 Å². The third-order valence-corrected chi connectivity index (χ3v) is 15.3. The zero-order chi connectivity index (χ0) is 45.8. The first-order valence-electron chi connectivity index (χ1n) is 22.3. The van der Waals surface area contributed by atoms with Gasteiger partial charge in [0, 0.05) is 50.1 Å². The summed E-state index contributed by atoms with van der Waals surface area (Å²) in [5.74, 6) is 0.658. The zero-order valence-electron chi connectivity index (χ0n) is 38.6. The highest BCUT2D eigenvalue weighted by atomic mass is 16.6. The van der Waals surface area contributed by atoms with Gasteiger partial charge in [-0.05, 0) is 100 Å². The van der Waals surface area contributed by atoms with Crippen molar-refractivity contribution in [2.24, 2.45) is 21.7 Å². The number of imidazole rings is 2. The van der Waals surface area contributed by atoms with Gasteiger partial charge >= 0.3 is 12.2 Å². The first-order valence-corrected chi connectivity index (χ1v) is 22.3. The molecule has 3 aromatic heterocycles. The van der Waals surface area contributed by atoms with Gasteiger partial charge in [-0.25, -0.2) is 19.6 Å². The summed E-state index contributed by atoms with van der Waals surface area (Å²) >= 11 is 0. The molecule has 0 unspecified atom stereocenters. The summed E-state index contributed by atoms with van der Waals surface area (Å²) in [7, 11) is 6.45. The minimum absolute atomic E-state index is 0.196. The first-order chi connectivity index (χ1) is 30.1. The first kappa shape index (κ1) is 43.2. The highest BCUT2D eigenvalue weighted by Gasteiger charge is 2.63. The molecule has 4 saturated carbocycles. The average Bonchev–Trinajstić information content (AvgIpc) is 4.21. The second-order valence-corrected chi connectivity index (χ2v) is 20.8. The molecule has 0 spiro atoms. The van der Waals surface area contributed by atoms with Gasteiger partial charge in [-0.15, -0.1) is 0 Å². The van der Waals surface area contributed by atoms with Crippen LogP contribution in [-0.4, -0.2) is 103 Å². The van der Waals surface area contributed by atoms with E-state index < -0.39 is 46.3 Å². The van der Waals surface area contributed by atoms with E-state index in [-0.39, 0.29) is 22.6 Å². The van der Waals surface area contributed by atoms with E-state index in [9.17, 15) is 19.2 Å². The zero-order valence-corrected chi connectivity index (χ0v) is 38.6. The number of H-pyrrole nitrogens is 2. The molecule has 9 rings (SSSR count). The van der Waals surface area contributed by atoms with Crippen LogP contribution in [0.3, 0.4) is 0 Å². The predicted molar refractivity (Wildman–Crippen MR) is 240 cm³/mol. The summed E-state index contributed by atoms with van der Waals surface area (Å²) in [5.41, 5.74) is 2.21. The summed E-state index contributed by atoms with van der Waals surface area (Å²) in [4.78, 5) is 82.9. The number of ether oxygens (including phenoxy) is 2. The molecule has 338 valence electrons. The molecular formula is C48H60N10O6. The van der Waals surface area contributed by atoms with Crippen LogP contribution in [-0.2, 0) is 19.1 Å². The highest BCUT2D eigenvalue weighted by Crippen LogP contribution is 2.59. The van der Waals surface area contributed by atoms with Gasteiger partial charge in [0.2, 0.25) is 0 Å². The van der Waals surface area contributed by atoms with Gasteiger partial charge in [-0.3, -0.25) is 19.6 Å². The molecule has 0 aliphatic heterocycles. The molecule has 4 fully saturated rings. The van der Waals surface area contributed by atoms with Gasteiger partial charge in [0.1, 0.15) is 11.6 Å². The lowest BCUT2D eigenvalue weighted by Crippen LogP contribution is -2.55. The van der Waals surface area contributed by atoms with Crippen LogP contribution in [0.4, 0.5) is 9.59 Å². The second kappa shape index (κ2) is 14.7. The lowest BCUT2D eigenvalue weighted by Gasteiger charge is -2.37. The number of nitrogens with one attached hydrogen (secondary N) is 4. The molecule has 4 atom stereocenters. The smallest absolute Gasteiger partial charge is 0.410 e. The monoisotopic (exact) mass is 872 g/mol. The molecular weight excluding hydrogens is 813 g/mol. The Morgan fingerprint density at radius 3 is 1.27 bits per heavy atom. The van der Waals surface area contributed by atoms with E-state index >= 15 is 0 Å². The molecule has 0 saturated heterocycles. The number of fused-ring (bicyclic) bond motifs is 2. The number of rotatable bonds is 14. The number of aromatic amines is 2. The molecule has 5 aromatic rings. The number of amides is 4. The van der Waals surface area contributed by atoms with E-state index in [1.807, 2.05) is 50.2 Å². The molecule has 4 aliphatic rings. The predicted octanol–water partition coefficient (Wildman–Crippen LogP) is 7.99. The summed E-state index contributed by atoms with van der Waals surface area (Å²) in [6.07, 6.45) is 9.27. The van der Waals surface area contributed by atoms with Crippen LogP contribution < -0.4 is 10.6 Å². The van der Waals surface area contributed by atoms with Crippen molar-refractivity contribution in [3.05, 3.63) is 60.4 Å². The molecule has 3 heterocycles. The van der Waals surface area contributed by atoms with Gasteiger partial charge in [0.05, 0.1) is 57.9 Å². The van der Waals surface area contributed by atoms with Gasteiger partial charge in [-0.1, -0.05) is 39.8 Å². The minimum atomic E-state index is -1.34. The molecule has 64 heavy (non-hydrogen) atoms. The Balaban J connectivity index is 0.928. The Kier molecular flexibility index (Phi) is 9.95. The number of benzene rings is 2. The van der Waals surface area contributed by atoms with E-state index in [0.29, 0.717) is 23.0 Å². The lowest BCUT2D eigenvalue weighted by atomic mass is 9.85. The Morgan fingerprint density at radius 2 is 0.969 bits per heavy atom. The number of carbonyl (C=O) groups is 4. The maximum atomic E-state index is 14.1. The number of nitrogens with zero attached hydrogens (tertiary/aromatic N) is 6. The standard InChI is InChI=1S/C48H60N10O6/c1-43(15-16-43)35(55-39(59)47(5,45(3)19-20-45)63-41(61)57(7)8)37-51-29-13-11-27(23-31(29)53-37)33-25-50-34(26-49-33)28-12-14-30-32(24-28)54-38(52-30)36(44(2)17-18-44)56-40(60)48(6,46(4)21-22-46)64-42(62)58(9)10/h11-14,23-26,35-36H,15-22H2,1-10H3,(H,51,53)(H,52,54)(H,55,59)(H,56,60)/t35-,36-,47+,48+/m1/s1. The second-order valence-electron chi connectivity index (χ2n) is 20.8. The van der Waals surface area contributed by atoms with Gasteiger partial charge in [0.25, 0.3) is 11.8 Å². The van der Waals surface area contributed by atoms with Crippen molar-refractivity contribution in [2.45, 2.75) is 116 Å². The van der Waals surface area contributed by atoms with Gasteiger partial charge in [0.15, 0.2) is 11.2 Å². The van der Waals surface area contributed by atoms with Crippen molar-refractivity contribution in [3.8, 4) is 22.5 Å². The molecule has 16 nitrogen and oxygen atoms in total. The third kappa shape index (κ3) is 7.51. The van der Waals surface area contributed by atoms with Gasteiger partial charge in [-0.2, -0.15) is 0 Å². The summed E-state index contributed by atoms with van der Waals surface area (Å²) < 4.78 is 11.8. The maximum Gasteiger partial charge on any atom is 0.410 e. The number of hydrogen-bond donors (Lipinski definition) is 4. The number of carbonyl (C=O) groups excluding carboxylic acids is 4. The fourth-order valence-corrected chi connectivity index (χ4v) is 8.68. The minimum Gasteiger partial charge on any atom is -0.432 e. The molecule has 2 aromatic carbocycles. The summed E-state index contributed by atoms with van der Waals surface area (Å²) in [6, 6.07) is 11.0. The Bertz CT molecular complexity index is 2510. The molecule has 0 radical (unpaired) electrons. The van der Waals surface area contributed by atoms with Crippen molar-refractivity contribution in [1.82, 2.24) is 50.3 Å². The summed E-state index contributed by atoms with van der Waals surface area (Å²) in [5, 5.41) is 6.52. The van der Waals surface area contributed by atoms with Crippen molar-refractivity contribution in [1.29, 1.82) is 0 Å². The Labute approximate surface area is 373 Å². The molecule has 4 N–H and O–H groups in total. The number of aromatic nitrogens is 6. The Hall–Kier alpha value is -6.06. The van der Waals surface area contributed by atoms with Crippen LogP contribution in [0.1, 0.15) is 117 Å². The quantitative estimate of drug-likeness (QED) is 0.0848. The van der Waals surface area contributed by atoms with E-state index in [0.717, 1.165) is 84.6 Å². The topological polar surface area (TPSA) is 200 Å². The largest absolute Gasteiger partial charge is 0.432 e. The normalized spacial score (nSPS) is 21.0. The lowest BCUT2D eigenvalue weighted by molar-refractivity contribution is -0.148. The van der Waals surface area contributed by atoms with E-state index in [1.54, 1.807) is 54.4 Å². The molecule has 16 heteroatoms. The number of hydrogen-bond acceptors (Lipinski definition) is 10. The van der Waals surface area contributed by atoms with E-state index in [1.165, 1.54) is 9.80 Å². The average molecular weight is 873 g/mol. The summed E-state index contributed by atoms with van der Waals surface area (Å²) in [6.45, 7) is 11.7. The third-order valence-electron chi connectivity index (χ3n) is 15.3. The van der Waals surface area contributed by atoms with E-state index in [4.69, 9.17) is 29.4 Å². The van der Waals surface area contributed by atoms with Crippen molar-refractivity contribution in [3.63, 3.8) is 0 Å². The van der Waals surface area contributed by atoms with Crippen LogP contribution in [0, 0.1) is 21.7 Å². The SMILES string of the molecule is CN(C)C(=O)O[C@@](C)(C(=O)N[C@H](c1nc2ccc(-c3cnc(-c4ccc5nc([C@@H](NC(=O)[C@](C)(OC(=O)N(C)C)C6(C)CC6)C6(C)CC6)[nH]c5c4)cn3)cc2[nH]1)C1(C)CC1)C1(C)CC1.